The highest BCUT2D eigenvalue weighted by molar-refractivity contribution is 5.77. The van der Waals surface area contributed by atoms with E-state index in [0.717, 1.165) is 5.56 Å². The highest BCUT2D eigenvalue weighted by Gasteiger charge is 2.23. The van der Waals surface area contributed by atoms with Crippen molar-refractivity contribution in [2.24, 2.45) is 0 Å². The van der Waals surface area contributed by atoms with Crippen LogP contribution in [0.3, 0.4) is 0 Å². The molecule has 1 unspecified atom stereocenters. The van der Waals surface area contributed by atoms with E-state index in [0.29, 0.717) is 23.8 Å². The lowest BCUT2D eigenvalue weighted by atomic mass is 10.1. The van der Waals surface area contributed by atoms with Crippen LogP contribution in [0.1, 0.15) is 11.7 Å². The molecule has 1 saturated heterocycles. The number of morpholine rings is 1. The van der Waals surface area contributed by atoms with Crippen molar-refractivity contribution in [3.63, 3.8) is 0 Å². The molecule has 1 aliphatic heterocycles. The normalized spacial score (nSPS) is 18.7. The van der Waals surface area contributed by atoms with Crippen molar-refractivity contribution in [1.82, 2.24) is 5.32 Å². The van der Waals surface area contributed by atoms with Crippen LogP contribution in [0.15, 0.2) is 12.1 Å². The van der Waals surface area contributed by atoms with Crippen molar-refractivity contribution in [3.8, 4) is 17.2 Å². The standard InChI is InChI=1S/C13H17NO5/c1-16-9-4-8(5-10(17-2)13(9)18-3)11-6-14-12(15)7-19-11/h4-5,11H,6-7H2,1-3H3,(H,14,15). The van der Waals surface area contributed by atoms with E-state index in [4.69, 9.17) is 18.9 Å². The number of hydrogen-bond acceptors (Lipinski definition) is 5. The van der Waals surface area contributed by atoms with Gasteiger partial charge in [0.1, 0.15) is 12.7 Å². The third-order valence-electron chi connectivity index (χ3n) is 2.96. The van der Waals surface area contributed by atoms with Gasteiger partial charge in [0.15, 0.2) is 11.5 Å². The van der Waals surface area contributed by atoms with Crippen LogP contribution in [0, 0.1) is 0 Å². The molecule has 1 N–H and O–H groups in total. The number of rotatable bonds is 4. The quantitative estimate of drug-likeness (QED) is 0.878. The Labute approximate surface area is 111 Å². The summed E-state index contributed by atoms with van der Waals surface area (Å²) in [6.07, 6.45) is -0.216. The molecule has 1 heterocycles. The van der Waals surface area contributed by atoms with Gasteiger partial charge in [-0.1, -0.05) is 0 Å². The van der Waals surface area contributed by atoms with E-state index in [-0.39, 0.29) is 18.6 Å². The van der Waals surface area contributed by atoms with Crippen molar-refractivity contribution >= 4 is 5.91 Å². The Hall–Kier alpha value is -1.95. The number of carbonyl (C=O) groups excluding carboxylic acids is 1. The fraction of sp³-hybridized carbons (Fsp3) is 0.462. The SMILES string of the molecule is COc1cc(C2CNC(=O)CO2)cc(OC)c1OC. The molecule has 0 spiro atoms. The minimum absolute atomic E-state index is 0.0569. The second-order valence-corrected chi connectivity index (χ2v) is 4.06. The maximum absolute atomic E-state index is 11.1. The molecule has 6 nitrogen and oxygen atoms in total. The van der Waals surface area contributed by atoms with Crippen LogP contribution >= 0.6 is 0 Å². The molecule has 1 fully saturated rings. The van der Waals surface area contributed by atoms with Crippen molar-refractivity contribution in [1.29, 1.82) is 0 Å². The number of hydrogen-bond donors (Lipinski definition) is 1. The first kappa shape index (κ1) is 13.5. The largest absolute Gasteiger partial charge is 0.493 e. The summed E-state index contributed by atoms with van der Waals surface area (Å²) in [5.41, 5.74) is 0.870. The van der Waals surface area contributed by atoms with E-state index in [9.17, 15) is 4.79 Å². The van der Waals surface area contributed by atoms with E-state index in [1.807, 2.05) is 12.1 Å². The van der Waals surface area contributed by atoms with Crippen LogP contribution in [0.4, 0.5) is 0 Å². The molecule has 1 atom stereocenters. The summed E-state index contributed by atoms with van der Waals surface area (Å²) in [7, 11) is 4.67. The van der Waals surface area contributed by atoms with Crippen LogP contribution < -0.4 is 19.5 Å². The van der Waals surface area contributed by atoms with Gasteiger partial charge < -0.3 is 24.3 Å². The van der Waals surface area contributed by atoms with E-state index < -0.39 is 0 Å². The van der Waals surface area contributed by atoms with E-state index in [2.05, 4.69) is 5.32 Å². The Morgan fingerprint density at radius 1 is 1.16 bits per heavy atom. The van der Waals surface area contributed by atoms with E-state index >= 15 is 0 Å². The van der Waals surface area contributed by atoms with Gasteiger partial charge in [-0.05, 0) is 17.7 Å². The molecule has 104 valence electrons. The molecule has 1 amide bonds. The fourth-order valence-electron chi connectivity index (χ4n) is 1.99. The smallest absolute Gasteiger partial charge is 0.246 e. The number of methoxy groups -OCH3 is 3. The Morgan fingerprint density at radius 2 is 1.79 bits per heavy atom. The van der Waals surface area contributed by atoms with Crippen molar-refractivity contribution in [2.75, 3.05) is 34.5 Å². The molecular weight excluding hydrogens is 250 g/mol. The van der Waals surface area contributed by atoms with Crippen LogP contribution in [0.5, 0.6) is 17.2 Å². The van der Waals surface area contributed by atoms with Crippen molar-refractivity contribution in [3.05, 3.63) is 17.7 Å². The molecule has 1 aliphatic rings. The van der Waals surface area contributed by atoms with E-state index in [1.165, 1.54) is 0 Å². The molecule has 19 heavy (non-hydrogen) atoms. The van der Waals surface area contributed by atoms with Gasteiger partial charge in [-0.3, -0.25) is 4.79 Å². The molecule has 0 radical (unpaired) electrons. The van der Waals surface area contributed by atoms with Gasteiger partial charge in [-0.15, -0.1) is 0 Å². The molecule has 2 rings (SSSR count). The summed E-state index contributed by atoms with van der Waals surface area (Å²) in [5, 5.41) is 2.76. The van der Waals surface area contributed by atoms with Gasteiger partial charge in [-0.2, -0.15) is 0 Å². The summed E-state index contributed by atoms with van der Waals surface area (Å²) < 4.78 is 21.3. The number of amides is 1. The maximum Gasteiger partial charge on any atom is 0.246 e. The van der Waals surface area contributed by atoms with Crippen LogP contribution in [0.2, 0.25) is 0 Å². The Balaban J connectivity index is 2.33. The third-order valence-corrected chi connectivity index (χ3v) is 2.96. The topological polar surface area (TPSA) is 66.0 Å². The van der Waals surface area contributed by atoms with Crippen LogP contribution in [0.25, 0.3) is 0 Å². The molecule has 0 saturated carbocycles. The first-order chi connectivity index (χ1) is 9.19. The van der Waals surface area contributed by atoms with Gasteiger partial charge in [0.25, 0.3) is 0 Å². The van der Waals surface area contributed by atoms with Gasteiger partial charge in [-0.25, -0.2) is 0 Å². The Bertz CT molecular complexity index is 439. The predicted octanol–water partition coefficient (Wildman–Crippen LogP) is 0.900. The molecule has 0 bridgehead atoms. The molecule has 0 aromatic heterocycles. The molecule has 1 aromatic rings. The molecule has 0 aliphatic carbocycles. The number of benzene rings is 1. The zero-order valence-corrected chi connectivity index (χ0v) is 11.2. The van der Waals surface area contributed by atoms with Crippen molar-refractivity contribution < 1.29 is 23.7 Å². The first-order valence-corrected chi connectivity index (χ1v) is 5.87. The highest BCUT2D eigenvalue weighted by atomic mass is 16.5. The third kappa shape index (κ3) is 2.73. The molecule has 6 heteroatoms. The van der Waals surface area contributed by atoms with Gasteiger partial charge in [0, 0.05) is 6.54 Å². The summed E-state index contributed by atoms with van der Waals surface area (Å²) >= 11 is 0. The van der Waals surface area contributed by atoms with E-state index in [1.54, 1.807) is 21.3 Å². The minimum Gasteiger partial charge on any atom is -0.493 e. The van der Waals surface area contributed by atoms with Crippen LogP contribution in [-0.2, 0) is 9.53 Å². The second-order valence-electron chi connectivity index (χ2n) is 4.06. The van der Waals surface area contributed by atoms with Gasteiger partial charge in [0.2, 0.25) is 11.7 Å². The lowest BCUT2D eigenvalue weighted by Crippen LogP contribution is -2.38. The van der Waals surface area contributed by atoms with Crippen LogP contribution in [-0.4, -0.2) is 40.4 Å². The average molecular weight is 267 g/mol. The summed E-state index contributed by atoms with van der Waals surface area (Å²) in [6.45, 7) is 0.485. The second kappa shape index (κ2) is 5.79. The number of nitrogens with one attached hydrogen (secondary N) is 1. The minimum atomic E-state index is -0.216. The summed E-state index contributed by atoms with van der Waals surface area (Å²) in [4.78, 5) is 11.1. The van der Waals surface area contributed by atoms with Crippen molar-refractivity contribution in [2.45, 2.75) is 6.10 Å². The Morgan fingerprint density at radius 3 is 2.21 bits per heavy atom. The lowest BCUT2D eigenvalue weighted by Gasteiger charge is -2.24. The highest BCUT2D eigenvalue weighted by Crippen LogP contribution is 2.40. The average Bonchev–Trinajstić information content (AvgIpc) is 2.46. The lowest BCUT2D eigenvalue weighted by molar-refractivity contribution is -0.133. The van der Waals surface area contributed by atoms with Gasteiger partial charge in [0.05, 0.1) is 21.3 Å². The van der Waals surface area contributed by atoms with Gasteiger partial charge >= 0.3 is 0 Å². The zero-order chi connectivity index (χ0) is 13.8. The fourth-order valence-corrected chi connectivity index (χ4v) is 1.99. The summed E-state index contributed by atoms with van der Waals surface area (Å²) in [5.74, 6) is 1.56. The number of carbonyl (C=O) groups is 1. The molecular formula is C13H17NO5. The first-order valence-electron chi connectivity index (χ1n) is 5.87. The monoisotopic (exact) mass is 267 g/mol. The zero-order valence-electron chi connectivity index (χ0n) is 11.2. The maximum atomic E-state index is 11.1. The predicted molar refractivity (Wildman–Crippen MR) is 67.8 cm³/mol. The number of ether oxygens (including phenoxy) is 4. The Kier molecular flexibility index (Phi) is 4.11. The molecule has 1 aromatic carbocycles. The summed E-state index contributed by atoms with van der Waals surface area (Å²) in [6, 6.07) is 3.65.